The van der Waals surface area contributed by atoms with E-state index in [9.17, 15) is 4.39 Å². The van der Waals surface area contributed by atoms with Gasteiger partial charge in [0, 0.05) is 60.1 Å². The molecule has 2 heterocycles. The van der Waals surface area contributed by atoms with E-state index in [-0.39, 0.29) is 29.8 Å². The van der Waals surface area contributed by atoms with Crippen LogP contribution in [-0.2, 0) is 20.8 Å². The number of likely N-dealkylation sites (tertiary alicyclic amines) is 1. The van der Waals surface area contributed by atoms with E-state index in [2.05, 4.69) is 15.2 Å². The Balaban J connectivity index is 0.00000341. The molecule has 0 aliphatic carbocycles. The first-order valence-corrected chi connectivity index (χ1v) is 10.9. The third-order valence-corrected chi connectivity index (χ3v) is 5.61. The second-order valence-corrected chi connectivity index (χ2v) is 7.69. The number of guanidine groups is 1. The van der Waals surface area contributed by atoms with Crippen LogP contribution in [0.1, 0.15) is 24.8 Å². The van der Waals surface area contributed by atoms with Crippen LogP contribution >= 0.6 is 24.0 Å². The van der Waals surface area contributed by atoms with Gasteiger partial charge in [0.1, 0.15) is 5.82 Å². The summed E-state index contributed by atoms with van der Waals surface area (Å²) in [6, 6.07) is 5.46. The Morgan fingerprint density at radius 1 is 1.19 bits per heavy atom. The highest BCUT2D eigenvalue weighted by molar-refractivity contribution is 14.0. The second kappa shape index (κ2) is 14.1. The van der Waals surface area contributed by atoms with Gasteiger partial charge in [-0.25, -0.2) is 4.39 Å². The zero-order valence-corrected chi connectivity index (χ0v) is 21.0. The Labute approximate surface area is 202 Å². The van der Waals surface area contributed by atoms with Crippen LogP contribution in [0.15, 0.2) is 23.2 Å². The minimum Gasteiger partial charge on any atom is -0.385 e. The first kappa shape index (κ1) is 26.1. The third kappa shape index (κ3) is 8.03. The van der Waals surface area contributed by atoms with Crippen molar-refractivity contribution < 1.29 is 18.6 Å². The van der Waals surface area contributed by atoms with Gasteiger partial charge >= 0.3 is 0 Å². The lowest BCUT2D eigenvalue weighted by Gasteiger charge is -2.34. The standard InChI is InChI=1S/C22H35FN4O3.HI/c1-24-22(27-8-6-19(7-9-27)30-13-3-12-28-2)25-17-18-4-5-21(20(23)16-18)26-10-14-29-15-11-26;/h4-5,16,19H,3,6-15,17H2,1-2H3,(H,24,25);1H. The highest BCUT2D eigenvalue weighted by Crippen LogP contribution is 2.22. The number of halogens is 2. The van der Waals surface area contributed by atoms with Crippen LogP contribution < -0.4 is 10.2 Å². The fraction of sp³-hybridized carbons (Fsp3) is 0.682. The molecule has 0 amide bonds. The number of methoxy groups -OCH3 is 1. The Bertz CT molecular complexity index is 681. The summed E-state index contributed by atoms with van der Waals surface area (Å²) in [5, 5.41) is 3.37. The molecule has 1 aromatic rings. The van der Waals surface area contributed by atoms with Crippen molar-refractivity contribution in [3.05, 3.63) is 29.6 Å². The number of nitrogens with zero attached hydrogens (tertiary/aromatic N) is 3. The van der Waals surface area contributed by atoms with E-state index in [0.29, 0.717) is 31.5 Å². The minimum absolute atomic E-state index is 0. The monoisotopic (exact) mass is 550 g/mol. The van der Waals surface area contributed by atoms with Crippen LogP contribution in [0.3, 0.4) is 0 Å². The summed E-state index contributed by atoms with van der Waals surface area (Å²) < 4.78 is 31.0. The molecule has 2 fully saturated rings. The first-order valence-electron chi connectivity index (χ1n) is 10.9. The maximum Gasteiger partial charge on any atom is 0.193 e. The molecule has 2 saturated heterocycles. The van der Waals surface area contributed by atoms with Gasteiger partial charge in [-0.05, 0) is 37.0 Å². The zero-order valence-electron chi connectivity index (χ0n) is 18.6. The molecule has 1 N–H and O–H groups in total. The van der Waals surface area contributed by atoms with Gasteiger partial charge in [-0.15, -0.1) is 24.0 Å². The number of hydrogen-bond donors (Lipinski definition) is 1. The van der Waals surface area contributed by atoms with Crippen molar-refractivity contribution in [1.29, 1.82) is 0 Å². The molecule has 176 valence electrons. The predicted octanol–water partition coefficient (Wildman–Crippen LogP) is 2.87. The van der Waals surface area contributed by atoms with Crippen molar-refractivity contribution in [1.82, 2.24) is 10.2 Å². The Kier molecular flexibility index (Phi) is 11.8. The summed E-state index contributed by atoms with van der Waals surface area (Å²) in [6.45, 7) is 6.58. The lowest BCUT2D eigenvalue weighted by Crippen LogP contribution is -2.46. The van der Waals surface area contributed by atoms with Gasteiger partial charge in [-0.3, -0.25) is 4.99 Å². The zero-order chi connectivity index (χ0) is 21.2. The van der Waals surface area contributed by atoms with E-state index in [1.807, 2.05) is 17.0 Å². The third-order valence-electron chi connectivity index (χ3n) is 5.61. The minimum atomic E-state index is -0.183. The number of anilines is 1. The summed E-state index contributed by atoms with van der Waals surface area (Å²) >= 11 is 0. The number of benzene rings is 1. The van der Waals surface area contributed by atoms with Crippen LogP contribution in [0.2, 0.25) is 0 Å². The van der Waals surface area contributed by atoms with Gasteiger partial charge in [0.2, 0.25) is 0 Å². The molecule has 0 radical (unpaired) electrons. The molecule has 0 saturated carbocycles. The number of morpholine rings is 1. The van der Waals surface area contributed by atoms with E-state index >= 15 is 0 Å². The normalized spacial score (nSPS) is 18.1. The van der Waals surface area contributed by atoms with Crippen LogP contribution in [0.5, 0.6) is 0 Å². The number of piperidine rings is 1. The molecular weight excluding hydrogens is 514 g/mol. The smallest absolute Gasteiger partial charge is 0.193 e. The van der Waals surface area contributed by atoms with Crippen molar-refractivity contribution in [3.8, 4) is 0 Å². The average Bonchev–Trinajstić information content (AvgIpc) is 2.79. The fourth-order valence-electron chi connectivity index (χ4n) is 3.92. The van der Waals surface area contributed by atoms with Gasteiger partial charge in [-0.2, -0.15) is 0 Å². The van der Waals surface area contributed by atoms with Crippen LogP contribution in [0.25, 0.3) is 0 Å². The molecule has 9 heteroatoms. The van der Waals surface area contributed by atoms with Gasteiger partial charge in [0.15, 0.2) is 5.96 Å². The second-order valence-electron chi connectivity index (χ2n) is 7.69. The molecule has 0 unspecified atom stereocenters. The molecule has 2 aliphatic rings. The summed E-state index contributed by atoms with van der Waals surface area (Å²) in [5.41, 5.74) is 1.56. The van der Waals surface area contributed by atoms with Crippen molar-refractivity contribution in [2.45, 2.75) is 31.9 Å². The molecule has 1 aromatic carbocycles. The van der Waals surface area contributed by atoms with Gasteiger partial charge < -0.3 is 29.3 Å². The lowest BCUT2D eigenvalue weighted by molar-refractivity contribution is 0.00989. The summed E-state index contributed by atoms with van der Waals surface area (Å²) in [6.07, 6.45) is 3.20. The van der Waals surface area contributed by atoms with Crippen molar-refractivity contribution in [3.63, 3.8) is 0 Å². The topological polar surface area (TPSA) is 58.6 Å². The molecular formula is C22H36FIN4O3. The Hall–Kier alpha value is -1.17. The molecule has 3 rings (SSSR count). The van der Waals surface area contributed by atoms with Gasteiger partial charge in [-0.1, -0.05) is 6.07 Å². The van der Waals surface area contributed by atoms with Gasteiger partial charge in [0.05, 0.1) is 25.0 Å². The van der Waals surface area contributed by atoms with Crippen LogP contribution in [0, 0.1) is 5.82 Å². The maximum absolute atomic E-state index is 14.6. The van der Waals surface area contributed by atoms with E-state index in [1.54, 1.807) is 20.2 Å². The fourth-order valence-corrected chi connectivity index (χ4v) is 3.92. The molecule has 0 aromatic heterocycles. The first-order chi connectivity index (χ1) is 14.7. The lowest BCUT2D eigenvalue weighted by atomic mass is 10.1. The number of nitrogens with one attached hydrogen (secondary N) is 1. The summed E-state index contributed by atoms with van der Waals surface area (Å²) in [7, 11) is 3.50. The number of aliphatic imine (C=N–C) groups is 1. The molecule has 0 bridgehead atoms. The summed E-state index contributed by atoms with van der Waals surface area (Å²) in [5.74, 6) is 0.670. The molecule has 0 spiro atoms. The Morgan fingerprint density at radius 2 is 1.94 bits per heavy atom. The van der Waals surface area contributed by atoms with Crippen molar-refractivity contribution in [2.75, 3.05) is 71.7 Å². The number of rotatable bonds is 8. The van der Waals surface area contributed by atoms with Crippen molar-refractivity contribution >= 4 is 35.6 Å². The van der Waals surface area contributed by atoms with Crippen LogP contribution in [-0.4, -0.2) is 83.7 Å². The Morgan fingerprint density at radius 3 is 2.58 bits per heavy atom. The predicted molar refractivity (Wildman–Crippen MR) is 132 cm³/mol. The highest BCUT2D eigenvalue weighted by Gasteiger charge is 2.22. The quantitative estimate of drug-likeness (QED) is 0.233. The highest BCUT2D eigenvalue weighted by atomic mass is 127. The van der Waals surface area contributed by atoms with E-state index in [1.165, 1.54) is 0 Å². The number of ether oxygens (including phenoxy) is 3. The van der Waals surface area contributed by atoms with Crippen LogP contribution in [0.4, 0.5) is 10.1 Å². The molecule has 7 nitrogen and oxygen atoms in total. The average molecular weight is 550 g/mol. The SMILES string of the molecule is CN=C(NCc1ccc(N2CCOCC2)c(F)c1)N1CCC(OCCCOC)CC1.I. The van der Waals surface area contributed by atoms with E-state index in [4.69, 9.17) is 14.2 Å². The molecule has 2 aliphatic heterocycles. The summed E-state index contributed by atoms with van der Waals surface area (Å²) in [4.78, 5) is 8.69. The van der Waals surface area contributed by atoms with Gasteiger partial charge in [0.25, 0.3) is 0 Å². The maximum atomic E-state index is 14.6. The van der Waals surface area contributed by atoms with E-state index < -0.39 is 0 Å². The largest absolute Gasteiger partial charge is 0.385 e. The van der Waals surface area contributed by atoms with Crippen molar-refractivity contribution in [2.24, 2.45) is 4.99 Å². The van der Waals surface area contributed by atoms with E-state index in [0.717, 1.165) is 70.2 Å². The number of hydrogen-bond acceptors (Lipinski definition) is 5. The molecule has 0 atom stereocenters. The molecule has 31 heavy (non-hydrogen) atoms.